The molecule has 2 heterocycles. The van der Waals surface area contributed by atoms with Crippen LogP contribution in [0.5, 0.6) is 11.5 Å². The van der Waals surface area contributed by atoms with E-state index >= 15 is 0 Å². The van der Waals surface area contributed by atoms with Gasteiger partial charge >= 0.3 is 5.97 Å². The van der Waals surface area contributed by atoms with E-state index in [9.17, 15) is 15.2 Å². The molecule has 0 amide bonds. The highest BCUT2D eigenvalue weighted by molar-refractivity contribution is 7.17. The van der Waals surface area contributed by atoms with E-state index in [0.717, 1.165) is 68.6 Å². The summed E-state index contributed by atoms with van der Waals surface area (Å²) in [5, 5.41) is 21.3. The van der Waals surface area contributed by atoms with Gasteiger partial charge in [0.05, 0.1) is 17.9 Å². The molecule has 5 aromatic rings. The van der Waals surface area contributed by atoms with Gasteiger partial charge in [0.1, 0.15) is 28.1 Å². The highest BCUT2D eigenvalue weighted by Crippen LogP contribution is 2.41. The number of carboxylic acid groups (broad SMARTS) is 1. The van der Waals surface area contributed by atoms with Crippen LogP contribution < -0.4 is 14.4 Å². The molecule has 0 aliphatic heterocycles. The number of para-hydroxylation sites is 1. The number of rotatable bonds is 14. The van der Waals surface area contributed by atoms with Crippen LogP contribution in [0.1, 0.15) is 63.6 Å². The number of nitriles is 1. The summed E-state index contributed by atoms with van der Waals surface area (Å²) in [7, 11) is 0. The fraction of sp³-hybridized carbons (Fsp3) is 0.250. The first kappa shape index (κ1) is 34.1. The zero-order valence-corrected chi connectivity index (χ0v) is 28.8. The molecule has 5 rings (SSSR count). The first-order chi connectivity index (χ1) is 23.2. The van der Waals surface area contributed by atoms with E-state index in [-0.39, 0.29) is 17.8 Å². The fourth-order valence-corrected chi connectivity index (χ4v) is 6.48. The third-order valence-electron chi connectivity index (χ3n) is 7.60. The molecule has 1 N–H and O–H groups in total. The number of carboxylic acids is 1. The van der Waals surface area contributed by atoms with Crippen LogP contribution in [0, 0.1) is 11.3 Å². The standard InChI is InChI=1S/C40H41N3O4S/c1-6-7-24-42-37-11-9-8-10-35(37)36(38(42)25-29(26-41)40(44)45)22-20-34-21-23-39(48-34)43(30-12-16-32(17-13-30)46-27(2)3)31-14-18-33(19-15-31)47-28(4)5/h8-23,25,27-28H,6-7,24H2,1-5H3,(H,44,45). The fourth-order valence-electron chi connectivity index (χ4n) is 5.53. The normalized spacial score (nSPS) is 11.8. The smallest absolute Gasteiger partial charge is 0.346 e. The molecule has 0 unspecified atom stereocenters. The summed E-state index contributed by atoms with van der Waals surface area (Å²) in [5.41, 5.74) is 4.28. The van der Waals surface area contributed by atoms with Crippen molar-refractivity contribution in [2.45, 2.75) is 66.2 Å². The maximum Gasteiger partial charge on any atom is 0.346 e. The van der Waals surface area contributed by atoms with Crippen molar-refractivity contribution in [1.29, 1.82) is 5.26 Å². The number of unbranched alkanes of at least 4 members (excludes halogenated alkanes) is 1. The van der Waals surface area contributed by atoms with Crippen molar-refractivity contribution in [3.8, 4) is 17.6 Å². The summed E-state index contributed by atoms with van der Waals surface area (Å²) in [5.74, 6) is 0.388. The maximum atomic E-state index is 11.9. The number of aromatic nitrogens is 1. The first-order valence-electron chi connectivity index (χ1n) is 16.3. The predicted molar refractivity (Wildman–Crippen MR) is 198 cm³/mol. The maximum absolute atomic E-state index is 11.9. The van der Waals surface area contributed by atoms with Crippen LogP contribution in [0.3, 0.4) is 0 Å². The molecule has 0 saturated carbocycles. The molecule has 3 aromatic carbocycles. The Morgan fingerprint density at radius 3 is 2.04 bits per heavy atom. The van der Waals surface area contributed by atoms with Crippen LogP contribution in [-0.2, 0) is 11.3 Å². The Kier molecular flexibility index (Phi) is 11.0. The quantitative estimate of drug-likeness (QED) is 0.0943. The minimum Gasteiger partial charge on any atom is -0.491 e. The number of benzene rings is 3. The number of anilines is 3. The van der Waals surface area contributed by atoms with Crippen molar-refractivity contribution in [2.24, 2.45) is 0 Å². The third-order valence-corrected chi connectivity index (χ3v) is 8.64. The van der Waals surface area contributed by atoms with Gasteiger partial charge in [0.15, 0.2) is 0 Å². The number of aliphatic carboxylic acids is 1. The molecule has 0 fully saturated rings. The lowest BCUT2D eigenvalue weighted by Gasteiger charge is -2.24. The molecule has 0 saturated heterocycles. The average molecular weight is 660 g/mol. The van der Waals surface area contributed by atoms with Crippen molar-refractivity contribution in [2.75, 3.05) is 4.90 Å². The number of carbonyl (C=O) groups is 1. The van der Waals surface area contributed by atoms with Crippen molar-refractivity contribution in [3.05, 3.63) is 107 Å². The SMILES string of the molecule is CCCCn1c(C=C(C#N)C(=O)O)c(C=Cc2ccc(N(c3ccc(OC(C)C)cc3)c3ccc(OC(C)C)cc3)s2)c2ccccc21. The lowest BCUT2D eigenvalue weighted by Crippen LogP contribution is -2.10. The Balaban J connectivity index is 1.56. The van der Waals surface area contributed by atoms with Gasteiger partial charge in [0.25, 0.3) is 0 Å². The second-order valence-corrected chi connectivity index (χ2v) is 13.1. The number of ether oxygens (including phenoxy) is 2. The number of thiophene rings is 1. The summed E-state index contributed by atoms with van der Waals surface area (Å²) >= 11 is 1.64. The van der Waals surface area contributed by atoms with Crippen LogP contribution in [0.15, 0.2) is 90.5 Å². The largest absolute Gasteiger partial charge is 0.491 e. The highest BCUT2D eigenvalue weighted by Gasteiger charge is 2.18. The molecule has 0 spiro atoms. The summed E-state index contributed by atoms with van der Waals surface area (Å²) in [6.07, 6.45) is 7.67. The zero-order valence-electron chi connectivity index (χ0n) is 28.0. The Bertz CT molecular complexity index is 1900. The molecule has 246 valence electrons. The van der Waals surface area contributed by atoms with Crippen LogP contribution >= 0.6 is 11.3 Å². The average Bonchev–Trinajstić information content (AvgIpc) is 3.64. The van der Waals surface area contributed by atoms with Gasteiger partial charge in [-0.3, -0.25) is 0 Å². The molecule has 0 aliphatic rings. The first-order valence-corrected chi connectivity index (χ1v) is 17.1. The van der Waals surface area contributed by atoms with E-state index in [2.05, 4.69) is 58.9 Å². The predicted octanol–water partition coefficient (Wildman–Crippen LogP) is 10.7. The van der Waals surface area contributed by atoms with E-state index in [0.29, 0.717) is 5.69 Å². The highest BCUT2D eigenvalue weighted by atomic mass is 32.1. The van der Waals surface area contributed by atoms with Gasteiger partial charge in [0.2, 0.25) is 0 Å². The molecule has 0 aliphatic carbocycles. The zero-order chi connectivity index (χ0) is 34.2. The molecule has 2 aromatic heterocycles. The minimum absolute atomic E-state index is 0.0828. The topological polar surface area (TPSA) is 87.7 Å². The monoisotopic (exact) mass is 659 g/mol. The van der Waals surface area contributed by atoms with E-state index in [1.807, 2.05) is 88.4 Å². The van der Waals surface area contributed by atoms with Crippen LogP contribution in [0.25, 0.3) is 29.1 Å². The number of hydrogen-bond donors (Lipinski definition) is 1. The van der Waals surface area contributed by atoms with Gasteiger partial charge in [0, 0.05) is 39.3 Å². The van der Waals surface area contributed by atoms with Gasteiger partial charge in [-0.25, -0.2) is 4.79 Å². The van der Waals surface area contributed by atoms with Crippen LogP contribution in [-0.4, -0.2) is 27.9 Å². The van der Waals surface area contributed by atoms with E-state index in [4.69, 9.17) is 9.47 Å². The number of hydrogen-bond acceptors (Lipinski definition) is 6. The van der Waals surface area contributed by atoms with Gasteiger partial charge in [-0.1, -0.05) is 37.6 Å². The number of aryl methyl sites for hydroxylation is 1. The second kappa shape index (κ2) is 15.6. The van der Waals surface area contributed by atoms with Crippen LogP contribution in [0.4, 0.5) is 16.4 Å². The van der Waals surface area contributed by atoms with Gasteiger partial charge < -0.3 is 24.0 Å². The molecule has 8 heteroatoms. The third kappa shape index (κ3) is 7.99. The van der Waals surface area contributed by atoms with Crippen molar-refractivity contribution in [1.82, 2.24) is 4.57 Å². The summed E-state index contributed by atoms with van der Waals surface area (Å²) in [4.78, 5) is 15.1. The molecular weight excluding hydrogens is 619 g/mol. The molecule has 0 bridgehead atoms. The minimum atomic E-state index is -1.24. The molecule has 0 radical (unpaired) electrons. The Morgan fingerprint density at radius 2 is 1.50 bits per heavy atom. The number of fused-ring (bicyclic) bond motifs is 1. The van der Waals surface area contributed by atoms with Crippen LogP contribution in [0.2, 0.25) is 0 Å². The lowest BCUT2D eigenvalue weighted by molar-refractivity contribution is -0.132. The molecule has 7 nitrogen and oxygen atoms in total. The van der Waals surface area contributed by atoms with Gasteiger partial charge in [-0.2, -0.15) is 5.26 Å². The lowest BCUT2D eigenvalue weighted by atomic mass is 10.1. The Labute approximate surface area is 286 Å². The van der Waals surface area contributed by atoms with Crippen molar-refractivity contribution >= 4 is 62.8 Å². The van der Waals surface area contributed by atoms with E-state index < -0.39 is 5.97 Å². The Hall–Kier alpha value is -5.26. The summed E-state index contributed by atoms with van der Waals surface area (Å²) in [6, 6.07) is 30.3. The summed E-state index contributed by atoms with van der Waals surface area (Å²) in [6.45, 7) is 10.9. The molecular formula is C40H41N3O4S. The molecule has 48 heavy (non-hydrogen) atoms. The van der Waals surface area contributed by atoms with Gasteiger partial charge in [-0.05, 0) is 113 Å². The van der Waals surface area contributed by atoms with Crippen molar-refractivity contribution < 1.29 is 19.4 Å². The van der Waals surface area contributed by atoms with E-state index in [1.54, 1.807) is 11.3 Å². The number of nitrogens with zero attached hydrogens (tertiary/aromatic N) is 3. The molecule has 0 atom stereocenters. The van der Waals surface area contributed by atoms with E-state index in [1.165, 1.54) is 6.08 Å². The van der Waals surface area contributed by atoms with Gasteiger partial charge in [-0.15, -0.1) is 11.3 Å². The van der Waals surface area contributed by atoms with Crippen molar-refractivity contribution in [3.63, 3.8) is 0 Å². The summed E-state index contributed by atoms with van der Waals surface area (Å²) < 4.78 is 13.9. The second-order valence-electron chi connectivity index (χ2n) is 12.0. The Morgan fingerprint density at radius 1 is 0.896 bits per heavy atom.